The zero-order valence-corrected chi connectivity index (χ0v) is 14.9. The van der Waals surface area contributed by atoms with Gasteiger partial charge in [-0.3, -0.25) is 5.14 Å². The molecule has 26 heavy (non-hydrogen) atoms. The van der Waals surface area contributed by atoms with Crippen molar-refractivity contribution >= 4 is 35.1 Å². The maximum absolute atomic E-state index is 9.73. The molecule has 4 N–H and O–H groups in total. The molecule has 3 aromatic rings. The Balaban J connectivity index is 1.60. The average Bonchev–Trinajstić information content (AvgIpc) is 2.68. The first kappa shape index (κ1) is 16.7. The van der Waals surface area contributed by atoms with Crippen molar-refractivity contribution in [3.8, 4) is 5.75 Å². The molecule has 1 aliphatic heterocycles. The highest BCUT2D eigenvalue weighted by atomic mass is 32.2. The lowest BCUT2D eigenvalue weighted by Gasteiger charge is -2.30. The van der Waals surface area contributed by atoms with Gasteiger partial charge in [0.2, 0.25) is 5.95 Å². The first-order chi connectivity index (χ1) is 12.7. The van der Waals surface area contributed by atoms with E-state index in [1.54, 1.807) is 12.3 Å². The molecule has 2 heterocycles. The minimum atomic E-state index is 0.301. The van der Waals surface area contributed by atoms with E-state index in [1.165, 1.54) is 11.9 Å². The topological polar surface area (TPSA) is 87.3 Å². The van der Waals surface area contributed by atoms with Crippen molar-refractivity contribution in [2.75, 3.05) is 16.8 Å². The number of fused-ring (bicyclic) bond motifs is 1. The third-order valence-electron chi connectivity index (χ3n) is 4.35. The molecule has 0 fully saturated rings. The Labute approximate surface area is 156 Å². The fourth-order valence-corrected chi connectivity index (χ4v) is 3.42. The molecule has 132 valence electrons. The molecular formula is C19H19N5OS. The predicted octanol–water partition coefficient (Wildman–Crippen LogP) is 3.98. The molecule has 0 saturated carbocycles. The molecular weight excluding hydrogens is 346 g/mol. The van der Waals surface area contributed by atoms with E-state index in [-0.39, 0.29) is 0 Å². The van der Waals surface area contributed by atoms with E-state index in [0.717, 1.165) is 47.0 Å². The van der Waals surface area contributed by atoms with Crippen LogP contribution in [0, 0.1) is 0 Å². The van der Waals surface area contributed by atoms with Crippen LogP contribution >= 0.6 is 11.9 Å². The van der Waals surface area contributed by atoms with Crippen molar-refractivity contribution in [3.05, 3.63) is 60.3 Å². The summed E-state index contributed by atoms with van der Waals surface area (Å²) in [7, 11) is 0. The SMILES string of the molecule is NSc1ccc(Nc2nccc(N3CCCc4cc(O)ccc43)n2)cc1. The molecule has 2 aromatic carbocycles. The summed E-state index contributed by atoms with van der Waals surface area (Å²) in [5, 5.41) is 18.5. The van der Waals surface area contributed by atoms with Crippen LogP contribution in [-0.4, -0.2) is 21.6 Å². The minimum Gasteiger partial charge on any atom is -0.508 e. The summed E-state index contributed by atoms with van der Waals surface area (Å²) in [6.07, 6.45) is 3.73. The van der Waals surface area contributed by atoms with E-state index in [2.05, 4.69) is 20.2 Å². The number of phenolic OH excluding ortho intramolecular Hbond substituents is 1. The van der Waals surface area contributed by atoms with Crippen molar-refractivity contribution in [1.29, 1.82) is 0 Å². The van der Waals surface area contributed by atoms with Gasteiger partial charge in [0.1, 0.15) is 11.6 Å². The van der Waals surface area contributed by atoms with Gasteiger partial charge >= 0.3 is 0 Å². The van der Waals surface area contributed by atoms with E-state index >= 15 is 0 Å². The van der Waals surface area contributed by atoms with Crippen LogP contribution in [0.5, 0.6) is 5.75 Å². The van der Waals surface area contributed by atoms with Gasteiger partial charge in [0.15, 0.2) is 0 Å². The molecule has 0 amide bonds. The molecule has 0 spiro atoms. The summed E-state index contributed by atoms with van der Waals surface area (Å²) in [5.41, 5.74) is 3.13. The fourth-order valence-electron chi connectivity index (χ4n) is 3.13. The average molecular weight is 365 g/mol. The second-order valence-corrected chi connectivity index (χ2v) is 6.78. The Bertz CT molecular complexity index is 916. The number of nitrogens with one attached hydrogen (secondary N) is 1. The number of benzene rings is 2. The maximum atomic E-state index is 9.73. The van der Waals surface area contributed by atoms with Crippen molar-refractivity contribution < 1.29 is 5.11 Å². The lowest BCUT2D eigenvalue weighted by Crippen LogP contribution is -2.25. The lowest BCUT2D eigenvalue weighted by atomic mass is 10.0. The maximum Gasteiger partial charge on any atom is 0.229 e. The van der Waals surface area contributed by atoms with Crippen molar-refractivity contribution in [2.24, 2.45) is 5.14 Å². The molecule has 0 atom stereocenters. The highest BCUT2D eigenvalue weighted by Crippen LogP contribution is 2.34. The van der Waals surface area contributed by atoms with Gasteiger partial charge in [0.05, 0.1) is 0 Å². The zero-order valence-electron chi connectivity index (χ0n) is 14.1. The van der Waals surface area contributed by atoms with Crippen molar-refractivity contribution in [2.45, 2.75) is 17.7 Å². The molecule has 0 bridgehead atoms. The van der Waals surface area contributed by atoms with Crippen LogP contribution in [0.25, 0.3) is 0 Å². The third kappa shape index (κ3) is 3.44. The molecule has 0 aliphatic carbocycles. The molecule has 1 aliphatic rings. The Morgan fingerprint density at radius 3 is 2.77 bits per heavy atom. The Kier molecular flexibility index (Phi) is 4.64. The monoisotopic (exact) mass is 365 g/mol. The van der Waals surface area contributed by atoms with Crippen molar-refractivity contribution in [1.82, 2.24) is 9.97 Å². The Morgan fingerprint density at radius 1 is 1.12 bits per heavy atom. The van der Waals surface area contributed by atoms with Crippen LogP contribution in [0.1, 0.15) is 12.0 Å². The van der Waals surface area contributed by atoms with Crippen LogP contribution in [-0.2, 0) is 6.42 Å². The quantitative estimate of drug-likeness (QED) is 0.603. The van der Waals surface area contributed by atoms with Crippen molar-refractivity contribution in [3.63, 3.8) is 0 Å². The van der Waals surface area contributed by atoms with E-state index in [4.69, 9.17) is 5.14 Å². The minimum absolute atomic E-state index is 0.301. The number of aryl methyl sites for hydroxylation is 1. The van der Waals surface area contributed by atoms with Gasteiger partial charge < -0.3 is 15.3 Å². The molecule has 0 saturated heterocycles. The summed E-state index contributed by atoms with van der Waals surface area (Å²) < 4.78 is 0. The number of aromatic hydroxyl groups is 1. The second-order valence-electron chi connectivity index (χ2n) is 6.07. The lowest BCUT2D eigenvalue weighted by molar-refractivity contribution is 0.474. The molecule has 7 heteroatoms. The Morgan fingerprint density at radius 2 is 1.96 bits per heavy atom. The Hall–Kier alpha value is -2.77. The van der Waals surface area contributed by atoms with Crippen LogP contribution in [0.2, 0.25) is 0 Å². The standard InChI is InChI=1S/C19H19N5OS/c20-26-16-6-3-14(4-7-16)22-19-21-10-9-18(23-19)24-11-1-2-13-12-15(25)5-8-17(13)24/h3-10,12,25H,1-2,11,20H2,(H,21,22,23). The van der Waals surface area contributed by atoms with Gasteiger partial charge in [-0.2, -0.15) is 4.98 Å². The number of phenols is 1. The fraction of sp³-hybridized carbons (Fsp3) is 0.158. The van der Waals surface area contributed by atoms with Gasteiger partial charge in [-0.1, -0.05) is 0 Å². The summed E-state index contributed by atoms with van der Waals surface area (Å²) >= 11 is 1.22. The van der Waals surface area contributed by atoms with E-state index in [0.29, 0.717) is 11.7 Å². The van der Waals surface area contributed by atoms with Gasteiger partial charge in [-0.25, -0.2) is 4.98 Å². The number of nitrogens with two attached hydrogens (primary N) is 1. The summed E-state index contributed by atoms with van der Waals surface area (Å²) in [6, 6.07) is 15.2. The zero-order chi connectivity index (χ0) is 17.9. The number of anilines is 4. The summed E-state index contributed by atoms with van der Waals surface area (Å²) in [4.78, 5) is 12.2. The second kappa shape index (κ2) is 7.23. The highest BCUT2D eigenvalue weighted by molar-refractivity contribution is 7.97. The first-order valence-electron chi connectivity index (χ1n) is 8.39. The number of nitrogens with zero attached hydrogens (tertiary/aromatic N) is 3. The number of hydrogen-bond acceptors (Lipinski definition) is 7. The van der Waals surface area contributed by atoms with Gasteiger partial charge in [-0.15, -0.1) is 0 Å². The van der Waals surface area contributed by atoms with Crippen LogP contribution in [0.15, 0.2) is 59.6 Å². The molecule has 0 unspecified atom stereocenters. The summed E-state index contributed by atoms with van der Waals surface area (Å²) in [6.45, 7) is 0.886. The van der Waals surface area contributed by atoms with Gasteiger partial charge in [0.25, 0.3) is 0 Å². The largest absolute Gasteiger partial charge is 0.508 e. The van der Waals surface area contributed by atoms with Crippen LogP contribution in [0.3, 0.4) is 0 Å². The van der Waals surface area contributed by atoms with E-state index in [9.17, 15) is 5.11 Å². The van der Waals surface area contributed by atoms with E-state index in [1.807, 2.05) is 42.5 Å². The predicted molar refractivity (Wildman–Crippen MR) is 105 cm³/mol. The number of rotatable bonds is 4. The molecule has 4 rings (SSSR count). The molecule has 0 radical (unpaired) electrons. The number of hydrogen-bond donors (Lipinski definition) is 3. The van der Waals surface area contributed by atoms with Gasteiger partial charge in [0, 0.05) is 29.0 Å². The highest BCUT2D eigenvalue weighted by Gasteiger charge is 2.20. The van der Waals surface area contributed by atoms with Crippen LogP contribution < -0.4 is 15.4 Å². The van der Waals surface area contributed by atoms with E-state index < -0.39 is 0 Å². The third-order valence-corrected chi connectivity index (χ3v) is 4.89. The normalized spacial score (nSPS) is 13.3. The van der Waals surface area contributed by atoms with Gasteiger partial charge in [-0.05, 0) is 78.9 Å². The number of aromatic nitrogens is 2. The summed E-state index contributed by atoms with van der Waals surface area (Å²) in [5.74, 6) is 1.68. The van der Waals surface area contributed by atoms with Crippen LogP contribution in [0.4, 0.5) is 23.1 Å². The smallest absolute Gasteiger partial charge is 0.229 e. The molecule has 1 aromatic heterocycles. The molecule has 6 nitrogen and oxygen atoms in total. The first-order valence-corrected chi connectivity index (χ1v) is 9.27.